The maximum Gasteiger partial charge on any atom is 0.123 e. The summed E-state index contributed by atoms with van der Waals surface area (Å²) in [6.45, 7) is 0. The summed E-state index contributed by atoms with van der Waals surface area (Å²) >= 11 is 0. The number of halogens is 1. The Hall–Kier alpha value is -3.27. The highest BCUT2D eigenvalue weighted by molar-refractivity contribution is 6.10. The average Bonchev–Trinajstić information content (AvgIpc) is 3.01. The lowest BCUT2D eigenvalue weighted by atomic mass is 10.0. The second-order valence-electron chi connectivity index (χ2n) is 5.78. The Morgan fingerprint density at radius 2 is 1.75 bits per heavy atom. The number of fused-ring (bicyclic) bond motifs is 5. The maximum absolute atomic E-state index is 13.8. The standard InChI is InChI=1S/C20H12FN3/c21-15-6-7-16-14(10-15)11-19(13-4-2-1-3-5-13)24-20(16)17-12-22-9-8-18(17)23-24/h1-12H. The van der Waals surface area contributed by atoms with Gasteiger partial charge in [-0.25, -0.2) is 8.91 Å². The second-order valence-corrected chi connectivity index (χ2v) is 5.78. The van der Waals surface area contributed by atoms with Gasteiger partial charge in [0.05, 0.1) is 16.7 Å². The minimum Gasteiger partial charge on any atom is -0.264 e. The summed E-state index contributed by atoms with van der Waals surface area (Å²) in [4.78, 5) is 4.23. The molecule has 5 aromatic rings. The van der Waals surface area contributed by atoms with E-state index in [4.69, 9.17) is 5.10 Å². The summed E-state index contributed by atoms with van der Waals surface area (Å²) < 4.78 is 15.7. The third-order valence-electron chi connectivity index (χ3n) is 4.33. The van der Waals surface area contributed by atoms with Crippen molar-refractivity contribution in [3.63, 3.8) is 0 Å². The normalized spacial score (nSPS) is 11.5. The van der Waals surface area contributed by atoms with Gasteiger partial charge in [0.2, 0.25) is 0 Å². The van der Waals surface area contributed by atoms with Crippen molar-refractivity contribution < 1.29 is 4.39 Å². The lowest BCUT2D eigenvalue weighted by Gasteiger charge is -2.09. The lowest BCUT2D eigenvalue weighted by molar-refractivity contribution is 0.630. The van der Waals surface area contributed by atoms with Crippen molar-refractivity contribution in [2.24, 2.45) is 0 Å². The van der Waals surface area contributed by atoms with Crippen LogP contribution in [0.2, 0.25) is 0 Å². The molecule has 2 aromatic carbocycles. The van der Waals surface area contributed by atoms with Crippen LogP contribution in [0.3, 0.4) is 0 Å². The molecule has 5 rings (SSSR count). The Labute approximate surface area is 137 Å². The Bertz CT molecular complexity index is 1210. The third-order valence-corrected chi connectivity index (χ3v) is 4.33. The Morgan fingerprint density at radius 1 is 0.875 bits per heavy atom. The van der Waals surface area contributed by atoms with Crippen LogP contribution in [0.5, 0.6) is 0 Å². The SMILES string of the molecule is Fc1ccc2c(c1)cc(-c1ccccc1)n1nc3ccncc3c21. The van der Waals surface area contributed by atoms with Crippen molar-refractivity contribution in [1.82, 2.24) is 14.6 Å². The number of nitrogens with zero attached hydrogens (tertiary/aromatic N) is 3. The smallest absolute Gasteiger partial charge is 0.123 e. The summed E-state index contributed by atoms with van der Waals surface area (Å²) in [5.41, 5.74) is 3.79. The summed E-state index contributed by atoms with van der Waals surface area (Å²) in [5.74, 6) is -0.243. The molecule has 0 aliphatic heterocycles. The zero-order valence-electron chi connectivity index (χ0n) is 12.6. The quantitative estimate of drug-likeness (QED) is 0.443. The highest BCUT2D eigenvalue weighted by Crippen LogP contribution is 2.32. The molecular weight excluding hydrogens is 301 g/mol. The van der Waals surface area contributed by atoms with E-state index in [9.17, 15) is 4.39 Å². The zero-order valence-corrected chi connectivity index (χ0v) is 12.6. The molecule has 0 aliphatic carbocycles. The molecule has 0 aliphatic rings. The molecule has 114 valence electrons. The zero-order chi connectivity index (χ0) is 16.1. The van der Waals surface area contributed by atoms with E-state index < -0.39 is 0 Å². The number of aromatic nitrogens is 3. The second kappa shape index (κ2) is 4.86. The molecule has 0 radical (unpaired) electrons. The lowest BCUT2D eigenvalue weighted by Crippen LogP contribution is -1.95. The van der Waals surface area contributed by atoms with E-state index in [0.29, 0.717) is 0 Å². The van der Waals surface area contributed by atoms with Gasteiger partial charge in [-0.1, -0.05) is 30.3 Å². The molecule has 3 aromatic heterocycles. The van der Waals surface area contributed by atoms with E-state index in [1.54, 1.807) is 12.3 Å². The topological polar surface area (TPSA) is 30.2 Å². The van der Waals surface area contributed by atoms with Crippen LogP contribution in [0.15, 0.2) is 73.1 Å². The number of hydrogen-bond donors (Lipinski definition) is 0. The first kappa shape index (κ1) is 13.2. The molecule has 0 amide bonds. The fourth-order valence-corrected chi connectivity index (χ4v) is 3.25. The fraction of sp³-hybridized carbons (Fsp3) is 0. The van der Waals surface area contributed by atoms with Crippen molar-refractivity contribution in [1.29, 1.82) is 0 Å². The van der Waals surface area contributed by atoms with Crippen LogP contribution in [-0.2, 0) is 0 Å². The molecule has 24 heavy (non-hydrogen) atoms. The van der Waals surface area contributed by atoms with Gasteiger partial charge in [0.25, 0.3) is 0 Å². The molecule has 0 spiro atoms. The maximum atomic E-state index is 13.8. The number of rotatable bonds is 1. The van der Waals surface area contributed by atoms with Crippen molar-refractivity contribution in [2.75, 3.05) is 0 Å². The third kappa shape index (κ3) is 1.83. The first-order valence-corrected chi connectivity index (χ1v) is 7.71. The molecule has 0 N–H and O–H groups in total. The summed E-state index contributed by atoms with van der Waals surface area (Å²) in [6, 6.07) is 18.8. The highest BCUT2D eigenvalue weighted by atomic mass is 19.1. The summed E-state index contributed by atoms with van der Waals surface area (Å²) in [5, 5.41) is 7.53. The molecule has 0 saturated heterocycles. The molecule has 3 nitrogen and oxygen atoms in total. The summed E-state index contributed by atoms with van der Waals surface area (Å²) in [7, 11) is 0. The van der Waals surface area contributed by atoms with Crippen LogP contribution >= 0.6 is 0 Å². The van der Waals surface area contributed by atoms with Gasteiger partial charge < -0.3 is 0 Å². The molecule has 0 unspecified atom stereocenters. The van der Waals surface area contributed by atoms with Crippen LogP contribution in [0.25, 0.3) is 38.4 Å². The van der Waals surface area contributed by atoms with E-state index in [2.05, 4.69) is 4.98 Å². The number of hydrogen-bond acceptors (Lipinski definition) is 2. The minimum atomic E-state index is -0.243. The van der Waals surface area contributed by atoms with Crippen molar-refractivity contribution >= 4 is 27.2 Å². The molecular formula is C20H12FN3. The Morgan fingerprint density at radius 3 is 2.62 bits per heavy atom. The van der Waals surface area contributed by atoms with Gasteiger partial charge in [-0.2, -0.15) is 5.10 Å². The van der Waals surface area contributed by atoms with Crippen LogP contribution in [0.1, 0.15) is 0 Å². The monoisotopic (exact) mass is 313 g/mol. The van der Waals surface area contributed by atoms with E-state index >= 15 is 0 Å². The minimum absolute atomic E-state index is 0.243. The number of pyridine rings is 2. The first-order valence-electron chi connectivity index (χ1n) is 7.71. The molecule has 0 atom stereocenters. The van der Waals surface area contributed by atoms with Gasteiger partial charge in [0.1, 0.15) is 5.82 Å². The van der Waals surface area contributed by atoms with Gasteiger partial charge in [-0.3, -0.25) is 4.98 Å². The van der Waals surface area contributed by atoms with Crippen molar-refractivity contribution in [3.05, 3.63) is 78.9 Å². The van der Waals surface area contributed by atoms with Crippen molar-refractivity contribution in [2.45, 2.75) is 0 Å². The number of benzene rings is 2. The van der Waals surface area contributed by atoms with E-state index in [0.717, 1.165) is 38.4 Å². The molecule has 0 saturated carbocycles. The van der Waals surface area contributed by atoms with E-state index in [1.165, 1.54) is 6.07 Å². The van der Waals surface area contributed by atoms with E-state index in [1.807, 2.05) is 59.2 Å². The fourth-order valence-electron chi connectivity index (χ4n) is 3.25. The molecule has 3 heterocycles. The van der Waals surface area contributed by atoms with Crippen LogP contribution in [0.4, 0.5) is 4.39 Å². The van der Waals surface area contributed by atoms with Gasteiger partial charge in [-0.15, -0.1) is 0 Å². The molecule has 4 heteroatoms. The Balaban J connectivity index is 2.05. The highest BCUT2D eigenvalue weighted by Gasteiger charge is 2.14. The van der Waals surface area contributed by atoms with Gasteiger partial charge >= 0.3 is 0 Å². The van der Waals surface area contributed by atoms with Crippen LogP contribution in [0, 0.1) is 5.82 Å². The first-order chi connectivity index (χ1) is 11.8. The van der Waals surface area contributed by atoms with Crippen LogP contribution in [-0.4, -0.2) is 14.6 Å². The Kier molecular flexibility index (Phi) is 2.67. The molecule has 0 bridgehead atoms. The van der Waals surface area contributed by atoms with Crippen LogP contribution < -0.4 is 0 Å². The van der Waals surface area contributed by atoms with E-state index in [-0.39, 0.29) is 5.82 Å². The largest absolute Gasteiger partial charge is 0.264 e. The van der Waals surface area contributed by atoms with Crippen molar-refractivity contribution in [3.8, 4) is 11.3 Å². The summed E-state index contributed by atoms with van der Waals surface area (Å²) in [6.07, 6.45) is 3.55. The predicted octanol–water partition coefficient (Wildman–Crippen LogP) is 4.84. The predicted molar refractivity (Wildman–Crippen MR) is 93.4 cm³/mol. The van der Waals surface area contributed by atoms with Gasteiger partial charge in [-0.05, 0) is 35.7 Å². The molecule has 0 fully saturated rings. The van der Waals surface area contributed by atoms with Gasteiger partial charge in [0, 0.05) is 28.7 Å². The average molecular weight is 313 g/mol. The van der Waals surface area contributed by atoms with Gasteiger partial charge in [0.15, 0.2) is 0 Å².